The van der Waals surface area contributed by atoms with Crippen LogP contribution in [0, 0.1) is 0 Å². The van der Waals surface area contributed by atoms with Gasteiger partial charge in [-0.3, -0.25) is 28.7 Å². The van der Waals surface area contributed by atoms with Gasteiger partial charge >= 0.3 is 17.9 Å². The van der Waals surface area contributed by atoms with E-state index in [-0.39, 0.29) is 28.5 Å². The smallest absolute Gasteiger partial charge is 0.303 e. The number of ether oxygens (including phenoxy) is 4. The maximum atomic E-state index is 12.2. The van der Waals surface area contributed by atoms with Crippen LogP contribution in [0.15, 0.2) is 9.53 Å². The normalized spacial score (nSPS) is 23.3. The van der Waals surface area contributed by atoms with E-state index in [1.807, 2.05) is 0 Å². The van der Waals surface area contributed by atoms with Gasteiger partial charge in [0.1, 0.15) is 12.7 Å². The van der Waals surface area contributed by atoms with Crippen molar-refractivity contribution in [2.75, 3.05) is 12.3 Å². The van der Waals surface area contributed by atoms with Gasteiger partial charge in [0.05, 0.1) is 0 Å². The molecule has 4 atom stereocenters. The molecular weight excluding hydrogens is 470 g/mol. The van der Waals surface area contributed by atoms with Gasteiger partial charge in [-0.05, 0) is 15.9 Å². The molecule has 162 valence electrons. The van der Waals surface area contributed by atoms with E-state index in [1.165, 1.54) is 25.3 Å². The van der Waals surface area contributed by atoms with Crippen LogP contribution >= 0.6 is 15.9 Å². The third-order valence-corrected chi connectivity index (χ3v) is 4.68. The predicted molar refractivity (Wildman–Crippen MR) is 102 cm³/mol. The van der Waals surface area contributed by atoms with Crippen molar-refractivity contribution in [3.8, 4) is 0 Å². The number of fused-ring (bicyclic) bond motifs is 1. The SMILES string of the molecule is CC(=O)OC[C@@H]1O[C@@H](n2c(Br)nc3c(=O)[nH]c(N)nc32)[C@H](OC(C)=O)[C@@H]1OC(C)=O. The standard InChI is InChI=1S/C16H18BrN5O8/c1-5(23)27-4-8-10(28-6(2)24)11(29-7(3)25)14(30-8)22-12-9(19-15(22)17)13(26)21-16(18)20-12/h8,10-11,14H,4H2,1-3H3,(H3,18,20,21,26)/t8-,10+,11+,14+/m0/s1. The van der Waals surface area contributed by atoms with Crippen molar-refractivity contribution in [1.29, 1.82) is 0 Å². The van der Waals surface area contributed by atoms with Crippen molar-refractivity contribution >= 4 is 51.0 Å². The second-order valence-corrected chi connectivity index (χ2v) is 7.10. The fraction of sp³-hybridized carbons (Fsp3) is 0.500. The minimum Gasteiger partial charge on any atom is -0.463 e. The van der Waals surface area contributed by atoms with Gasteiger partial charge in [-0.2, -0.15) is 4.98 Å². The molecule has 0 unspecified atom stereocenters. The molecule has 30 heavy (non-hydrogen) atoms. The fourth-order valence-corrected chi connectivity index (χ4v) is 3.65. The van der Waals surface area contributed by atoms with Crippen molar-refractivity contribution in [2.45, 2.75) is 45.3 Å². The summed E-state index contributed by atoms with van der Waals surface area (Å²) in [6.07, 6.45) is -4.38. The summed E-state index contributed by atoms with van der Waals surface area (Å²) in [5.74, 6) is -2.09. The highest BCUT2D eigenvalue weighted by atomic mass is 79.9. The third-order valence-electron chi connectivity index (χ3n) is 4.12. The number of hydrogen-bond donors (Lipinski definition) is 2. The van der Waals surface area contributed by atoms with E-state index in [0.717, 1.165) is 0 Å². The number of imidazole rings is 1. The molecule has 0 radical (unpaired) electrons. The van der Waals surface area contributed by atoms with E-state index in [1.54, 1.807) is 0 Å². The fourth-order valence-electron chi connectivity index (χ4n) is 3.10. The molecule has 3 rings (SSSR count). The highest BCUT2D eigenvalue weighted by molar-refractivity contribution is 9.10. The largest absolute Gasteiger partial charge is 0.463 e. The summed E-state index contributed by atoms with van der Waals surface area (Å²) in [5, 5.41) is 0. The lowest BCUT2D eigenvalue weighted by atomic mass is 10.1. The average Bonchev–Trinajstić information content (AvgIpc) is 3.10. The Labute approximate surface area is 177 Å². The Bertz CT molecular complexity index is 1070. The van der Waals surface area contributed by atoms with E-state index in [0.29, 0.717) is 0 Å². The van der Waals surface area contributed by atoms with Gasteiger partial charge in [0.2, 0.25) is 5.95 Å². The lowest BCUT2D eigenvalue weighted by molar-refractivity contribution is -0.166. The number of hydrogen-bond acceptors (Lipinski definition) is 11. The first kappa shape index (κ1) is 21.7. The van der Waals surface area contributed by atoms with Crippen LogP contribution in [0.25, 0.3) is 11.2 Å². The number of carbonyl (C=O) groups excluding carboxylic acids is 3. The summed E-state index contributed by atoms with van der Waals surface area (Å²) < 4.78 is 23.0. The molecule has 0 saturated carbocycles. The summed E-state index contributed by atoms with van der Waals surface area (Å²) >= 11 is 3.23. The number of nitrogens with zero attached hydrogens (tertiary/aromatic N) is 3. The Balaban J connectivity index is 2.11. The molecule has 14 heteroatoms. The molecule has 0 spiro atoms. The molecule has 0 amide bonds. The summed E-state index contributed by atoms with van der Waals surface area (Å²) in [4.78, 5) is 57.3. The minimum absolute atomic E-state index is 0.0417. The molecule has 1 aliphatic heterocycles. The molecule has 0 bridgehead atoms. The van der Waals surface area contributed by atoms with Gasteiger partial charge in [0.15, 0.2) is 34.3 Å². The first-order valence-corrected chi connectivity index (χ1v) is 9.44. The summed E-state index contributed by atoms with van der Waals surface area (Å²) in [6.45, 7) is 3.27. The summed E-state index contributed by atoms with van der Waals surface area (Å²) in [5.41, 5.74) is 5.05. The van der Waals surface area contributed by atoms with Crippen LogP contribution < -0.4 is 11.3 Å². The topological polar surface area (TPSA) is 178 Å². The first-order valence-electron chi connectivity index (χ1n) is 8.65. The predicted octanol–water partition coefficient (Wildman–Crippen LogP) is -0.212. The molecule has 0 aliphatic carbocycles. The maximum absolute atomic E-state index is 12.2. The van der Waals surface area contributed by atoms with E-state index < -0.39 is 48.0 Å². The number of aromatic nitrogens is 4. The van der Waals surface area contributed by atoms with Gasteiger partial charge in [0, 0.05) is 20.8 Å². The van der Waals surface area contributed by atoms with Crippen molar-refractivity contribution < 1.29 is 33.3 Å². The van der Waals surface area contributed by atoms with Crippen LogP contribution in [-0.2, 0) is 33.3 Å². The highest BCUT2D eigenvalue weighted by Crippen LogP contribution is 2.37. The first-order chi connectivity index (χ1) is 14.1. The number of nitrogens with two attached hydrogens (primary N) is 1. The van der Waals surface area contributed by atoms with Crippen LogP contribution in [0.2, 0.25) is 0 Å². The van der Waals surface area contributed by atoms with E-state index >= 15 is 0 Å². The number of anilines is 1. The second-order valence-electron chi connectivity index (χ2n) is 6.39. The average molecular weight is 488 g/mol. The lowest BCUT2D eigenvalue weighted by Crippen LogP contribution is -2.40. The number of H-pyrrole nitrogens is 1. The van der Waals surface area contributed by atoms with E-state index in [2.05, 4.69) is 30.9 Å². The van der Waals surface area contributed by atoms with Gasteiger partial charge in [-0.25, -0.2) is 4.98 Å². The van der Waals surface area contributed by atoms with Crippen molar-refractivity contribution in [2.24, 2.45) is 0 Å². The lowest BCUT2D eigenvalue weighted by Gasteiger charge is -2.24. The number of esters is 3. The van der Waals surface area contributed by atoms with Gasteiger partial charge in [-0.1, -0.05) is 0 Å². The van der Waals surface area contributed by atoms with E-state index in [4.69, 9.17) is 24.7 Å². The van der Waals surface area contributed by atoms with Gasteiger partial charge in [0.25, 0.3) is 5.56 Å². The van der Waals surface area contributed by atoms with Crippen molar-refractivity contribution in [3.05, 3.63) is 15.1 Å². The minimum atomic E-state index is -1.16. The highest BCUT2D eigenvalue weighted by Gasteiger charge is 2.51. The quantitative estimate of drug-likeness (QED) is 0.323. The van der Waals surface area contributed by atoms with Crippen molar-refractivity contribution in [1.82, 2.24) is 19.5 Å². The molecule has 2 aromatic heterocycles. The van der Waals surface area contributed by atoms with Crippen LogP contribution in [0.4, 0.5) is 5.95 Å². The molecule has 13 nitrogen and oxygen atoms in total. The monoisotopic (exact) mass is 487 g/mol. The molecule has 1 fully saturated rings. The third kappa shape index (κ3) is 4.28. The number of carbonyl (C=O) groups is 3. The van der Waals surface area contributed by atoms with E-state index in [9.17, 15) is 19.2 Å². The number of nitrogen functional groups attached to an aromatic ring is 1. The molecule has 0 aromatic carbocycles. The Kier molecular flexibility index (Phi) is 6.07. The Hall–Kier alpha value is -3.00. The molecule has 3 N–H and O–H groups in total. The number of nitrogens with one attached hydrogen (secondary N) is 1. The summed E-state index contributed by atoms with van der Waals surface area (Å²) in [7, 11) is 0. The van der Waals surface area contributed by atoms with Gasteiger partial charge < -0.3 is 24.7 Å². The zero-order valence-electron chi connectivity index (χ0n) is 16.1. The van der Waals surface area contributed by atoms with Crippen LogP contribution in [-0.4, -0.2) is 62.3 Å². The number of aromatic amines is 1. The molecule has 1 aliphatic rings. The number of rotatable bonds is 5. The second kappa shape index (κ2) is 8.39. The molecular formula is C16H18BrN5O8. The van der Waals surface area contributed by atoms with Gasteiger partial charge in [-0.15, -0.1) is 0 Å². The Morgan fingerprint density at radius 3 is 2.37 bits per heavy atom. The Morgan fingerprint density at radius 2 is 1.77 bits per heavy atom. The maximum Gasteiger partial charge on any atom is 0.303 e. The Morgan fingerprint density at radius 1 is 1.13 bits per heavy atom. The molecule has 3 heterocycles. The molecule has 1 saturated heterocycles. The van der Waals surface area contributed by atoms with Crippen LogP contribution in [0.5, 0.6) is 0 Å². The zero-order valence-corrected chi connectivity index (χ0v) is 17.7. The number of halogens is 1. The van der Waals surface area contributed by atoms with Crippen LogP contribution in [0.1, 0.15) is 27.0 Å². The summed E-state index contributed by atoms with van der Waals surface area (Å²) in [6, 6.07) is 0. The zero-order chi connectivity index (χ0) is 22.2. The van der Waals surface area contributed by atoms with Crippen molar-refractivity contribution in [3.63, 3.8) is 0 Å². The van der Waals surface area contributed by atoms with Crippen LogP contribution in [0.3, 0.4) is 0 Å². The molecule has 2 aromatic rings.